The maximum absolute atomic E-state index is 12.6. The first-order valence-electron chi connectivity index (χ1n) is 6.63. The normalized spacial score (nSPS) is 17.0. The van der Waals surface area contributed by atoms with E-state index in [1.807, 2.05) is 32.0 Å². The predicted octanol–water partition coefficient (Wildman–Crippen LogP) is 2.83. The van der Waals surface area contributed by atoms with E-state index in [1.54, 1.807) is 0 Å². The molecular formula is C14H19Br2N3O. The van der Waals surface area contributed by atoms with Gasteiger partial charge >= 0.3 is 0 Å². The quantitative estimate of drug-likeness (QED) is 0.814. The van der Waals surface area contributed by atoms with E-state index in [-0.39, 0.29) is 5.91 Å². The third kappa shape index (κ3) is 3.61. The van der Waals surface area contributed by atoms with Gasteiger partial charge in [0.15, 0.2) is 0 Å². The van der Waals surface area contributed by atoms with Crippen LogP contribution in [0.15, 0.2) is 27.1 Å². The number of benzene rings is 1. The molecule has 1 aromatic carbocycles. The Labute approximate surface area is 136 Å². The highest BCUT2D eigenvalue weighted by molar-refractivity contribution is 9.11. The second-order valence-electron chi connectivity index (χ2n) is 5.37. The van der Waals surface area contributed by atoms with Crippen molar-refractivity contribution in [3.05, 3.63) is 27.1 Å². The molecule has 20 heavy (non-hydrogen) atoms. The van der Waals surface area contributed by atoms with Gasteiger partial charge in [0.1, 0.15) is 0 Å². The molecule has 0 spiro atoms. The Bertz CT molecular complexity index is 499. The Kier molecular flexibility index (Phi) is 5.23. The fraction of sp³-hybridized carbons (Fsp3) is 0.500. The number of carbonyl (C=O) groups excluding carboxylic acids is 1. The minimum atomic E-state index is -0.524. The second-order valence-corrected chi connectivity index (χ2v) is 7.14. The summed E-state index contributed by atoms with van der Waals surface area (Å²) in [5.41, 5.74) is 0.261. The number of piperazine rings is 1. The van der Waals surface area contributed by atoms with Gasteiger partial charge in [0.25, 0.3) is 0 Å². The number of carbonyl (C=O) groups is 1. The molecule has 0 saturated carbocycles. The van der Waals surface area contributed by atoms with E-state index in [2.05, 4.69) is 47.4 Å². The van der Waals surface area contributed by atoms with Crippen LogP contribution in [0, 0.1) is 0 Å². The number of hydrogen-bond acceptors (Lipinski definition) is 3. The molecule has 0 bridgehead atoms. The third-order valence-corrected chi connectivity index (χ3v) is 4.82. The summed E-state index contributed by atoms with van der Waals surface area (Å²) in [6.45, 7) is 7.58. The average Bonchev–Trinajstić information content (AvgIpc) is 2.43. The summed E-state index contributed by atoms with van der Waals surface area (Å²) < 4.78 is 1.82. The Morgan fingerprint density at radius 2 is 1.95 bits per heavy atom. The molecule has 0 aromatic heterocycles. The van der Waals surface area contributed by atoms with Crippen molar-refractivity contribution in [1.82, 2.24) is 10.2 Å². The van der Waals surface area contributed by atoms with Crippen LogP contribution in [-0.2, 0) is 4.79 Å². The van der Waals surface area contributed by atoms with Gasteiger partial charge in [-0.15, -0.1) is 0 Å². The molecule has 6 heteroatoms. The highest BCUT2D eigenvalue weighted by Crippen LogP contribution is 2.27. The van der Waals surface area contributed by atoms with Crippen LogP contribution in [0.4, 0.5) is 5.69 Å². The number of nitrogens with zero attached hydrogens (tertiary/aromatic N) is 1. The number of hydrogen-bond donors (Lipinski definition) is 2. The summed E-state index contributed by atoms with van der Waals surface area (Å²) in [4.78, 5) is 14.8. The fourth-order valence-corrected chi connectivity index (χ4v) is 2.94. The van der Waals surface area contributed by atoms with Crippen LogP contribution in [0.5, 0.6) is 0 Å². The summed E-state index contributed by atoms with van der Waals surface area (Å²) in [6.07, 6.45) is 0. The lowest BCUT2D eigenvalue weighted by molar-refractivity contribution is -0.126. The summed E-state index contributed by atoms with van der Waals surface area (Å²) in [7, 11) is 0. The highest BCUT2D eigenvalue weighted by Gasteiger charge is 2.35. The molecule has 1 aliphatic heterocycles. The van der Waals surface area contributed by atoms with Crippen molar-refractivity contribution in [1.29, 1.82) is 0 Å². The molecule has 0 unspecified atom stereocenters. The zero-order chi connectivity index (χ0) is 14.8. The van der Waals surface area contributed by atoms with Gasteiger partial charge in [-0.05, 0) is 48.0 Å². The van der Waals surface area contributed by atoms with E-state index in [9.17, 15) is 4.79 Å². The maximum atomic E-state index is 12.6. The smallest absolute Gasteiger partial charge is 0.244 e. The van der Waals surface area contributed by atoms with Crippen LogP contribution in [0.25, 0.3) is 0 Å². The standard InChI is InChI=1S/C14H19Br2N3O/c1-14(2,19-7-5-17-6-8-19)13(20)18-12-9-10(15)3-4-11(12)16/h3-4,9,17H,5-8H2,1-2H3,(H,18,20). The zero-order valence-corrected chi connectivity index (χ0v) is 14.8. The monoisotopic (exact) mass is 403 g/mol. The molecular weight excluding hydrogens is 386 g/mol. The van der Waals surface area contributed by atoms with Crippen molar-refractivity contribution in [2.75, 3.05) is 31.5 Å². The van der Waals surface area contributed by atoms with Crippen molar-refractivity contribution in [2.24, 2.45) is 0 Å². The molecule has 4 nitrogen and oxygen atoms in total. The first-order valence-corrected chi connectivity index (χ1v) is 8.22. The highest BCUT2D eigenvalue weighted by atomic mass is 79.9. The molecule has 1 saturated heterocycles. The van der Waals surface area contributed by atoms with Crippen molar-refractivity contribution in [3.63, 3.8) is 0 Å². The molecule has 1 aromatic rings. The first-order chi connectivity index (χ1) is 9.41. The summed E-state index contributed by atoms with van der Waals surface area (Å²) in [5, 5.41) is 6.32. The van der Waals surface area contributed by atoms with Crippen molar-refractivity contribution >= 4 is 43.5 Å². The van der Waals surface area contributed by atoms with Crippen molar-refractivity contribution in [2.45, 2.75) is 19.4 Å². The Morgan fingerprint density at radius 3 is 2.60 bits per heavy atom. The van der Waals surface area contributed by atoms with Gasteiger partial charge in [0.05, 0.1) is 11.2 Å². The van der Waals surface area contributed by atoms with Crippen LogP contribution in [-0.4, -0.2) is 42.5 Å². The summed E-state index contributed by atoms with van der Waals surface area (Å²) in [5.74, 6) is 0.0122. The molecule has 2 rings (SSSR count). The first kappa shape index (κ1) is 15.9. The fourth-order valence-electron chi connectivity index (χ4n) is 2.24. The largest absolute Gasteiger partial charge is 0.323 e. The lowest BCUT2D eigenvalue weighted by atomic mass is 10.0. The summed E-state index contributed by atoms with van der Waals surface area (Å²) in [6, 6.07) is 5.74. The molecule has 1 fully saturated rings. The molecule has 0 atom stereocenters. The minimum absolute atomic E-state index is 0.0122. The number of rotatable bonds is 3. The molecule has 2 N–H and O–H groups in total. The van der Waals surface area contributed by atoms with E-state index < -0.39 is 5.54 Å². The Hall–Kier alpha value is -0.430. The lowest BCUT2D eigenvalue weighted by Crippen LogP contribution is -2.58. The van der Waals surface area contributed by atoms with Crippen LogP contribution in [0.3, 0.4) is 0 Å². The van der Waals surface area contributed by atoms with E-state index >= 15 is 0 Å². The minimum Gasteiger partial charge on any atom is -0.323 e. The molecule has 110 valence electrons. The SMILES string of the molecule is CC(C)(C(=O)Nc1cc(Br)ccc1Br)N1CCNCC1. The summed E-state index contributed by atoms with van der Waals surface area (Å²) >= 11 is 6.89. The van der Waals surface area contributed by atoms with Crippen LogP contribution >= 0.6 is 31.9 Å². The number of nitrogens with one attached hydrogen (secondary N) is 2. The van der Waals surface area contributed by atoms with Gasteiger partial charge in [-0.1, -0.05) is 15.9 Å². The number of amides is 1. The van der Waals surface area contributed by atoms with Gasteiger partial charge in [-0.25, -0.2) is 0 Å². The van der Waals surface area contributed by atoms with E-state index in [1.165, 1.54) is 0 Å². The van der Waals surface area contributed by atoms with Crippen LogP contribution < -0.4 is 10.6 Å². The lowest BCUT2D eigenvalue weighted by Gasteiger charge is -2.39. The Balaban J connectivity index is 2.11. The van der Waals surface area contributed by atoms with Gasteiger partial charge in [-0.3, -0.25) is 9.69 Å². The molecule has 1 heterocycles. The second kappa shape index (κ2) is 6.56. The number of anilines is 1. The average molecular weight is 405 g/mol. The molecule has 1 amide bonds. The zero-order valence-electron chi connectivity index (χ0n) is 11.7. The van der Waals surface area contributed by atoms with Crippen molar-refractivity contribution < 1.29 is 4.79 Å². The molecule has 1 aliphatic rings. The predicted molar refractivity (Wildman–Crippen MR) is 89.0 cm³/mol. The van der Waals surface area contributed by atoms with E-state index in [4.69, 9.17) is 0 Å². The van der Waals surface area contributed by atoms with E-state index in [0.717, 1.165) is 40.8 Å². The molecule has 0 radical (unpaired) electrons. The van der Waals surface area contributed by atoms with Gasteiger partial charge in [-0.2, -0.15) is 0 Å². The Morgan fingerprint density at radius 1 is 1.30 bits per heavy atom. The third-order valence-electron chi connectivity index (χ3n) is 3.64. The van der Waals surface area contributed by atoms with E-state index in [0.29, 0.717) is 0 Å². The maximum Gasteiger partial charge on any atom is 0.244 e. The van der Waals surface area contributed by atoms with Crippen LogP contribution in [0.1, 0.15) is 13.8 Å². The van der Waals surface area contributed by atoms with Crippen molar-refractivity contribution in [3.8, 4) is 0 Å². The topological polar surface area (TPSA) is 44.4 Å². The van der Waals surface area contributed by atoms with Gasteiger partial charge < -0.3 is 10.6 Å². The van der Waals surface area contributed by atoms with Gasteiger partial charge in [0.2, 0.25) is 5.91 Å². The van der Waals surface area contributed by atoms with Crippen LogP contribution in [0.2, 0.25) is 0 Å². The van der Waals surface area contributed by atoms with Gasteiger partial charge in [0, 0.05) is 35.1 Å². The number of halogens is 2. The molecule has 0 aliphatic carbocycles.